The predicted molar refractivity (Wildman–Crippen MR) is 67.6 cm³/mol. The first kappa shape index (κ1) is 12.1. The van der Waals surface area contributed by atoms with E-state index < -0.39 is 5.60 Å². The standard InChI is InChI=1S/C15H19NO/c1-12-5-7-13(8-6-12)14(11-16)15(17)9-3-2-4-10-15/h5-8,14,17H,2-4,9-10H2,1H3. The fourth-order valence-corrected chi connectivity index (χ4v) is 2.72. The maximum absolute atomic E-state index is 10.6. The number of aryl methyl sites for hydroxylation is 1. The Hall–Kier alpha value is -1.33. The Morgan fingerprint density at radius 1 is 1.18 bits per heavy atom. The molecule has 1 saturated carbocycles. The minimum absolute atomic E-state index is 0.386. The van der Waals surface area contributed by atoms with Crippen molar-refractivity contribution in [3.8, 4) is 6.07 Å². The second-order valence-corrected chi connectivity index (χ2v) is 5.14. The molecule has 1 atom stereocenters. The van der Waals surface area contributed by atoms with Crippen molar-refractivity contribution in [2.24, 2.45) is 0 Å². The van der Waals surface area contributed by atoms with E-state index in [1.54, 1.807) is 0 Å². The molecule has 1 N–H and O–H groups in total. The molecule has 0 aromatic heterocycles. The van der Waals surface area contributed by atoms with Crippen molar-refractivity contribution >= 4 is 0 Å². The molecule has 0 bridgehead atoms. The number of hydrogen-bond acceptors (Lipinski definition) is 2. The van der Waals surface area contributed by atoms with Crippen LogP contribution in [-0.4, -0.2) is 10.7 Å². The van der Waals surface area contributed by atoms with E-state index in [4.69, 9.17) is 0 Å². The highest BCUT2D eigenvalue weighted by Gasteiger charge is 2.38. The quantitative estimate of drug-likeness (QED) is 0.845. The van der Waals surface area contributed by atoms with E-state index in [2.05, 4.69) is 6.07 Å². The van der Waals surface area contributed by atoms with E-state index in [1.165, 1.54) is 12.0 Å². The van der Waals surface area contributed by atoms with Crippen LogP contribution in [0.2, 0.25) is 0 Å². The van der Waals surface area contributed by atoms with Crippen LogP contribution < -0.4 is 0 Å². The molecule has 17 heavy (non-hydrogen) atoms. The molecule has 0 spiro atoms. The fraction of sp³-hybridized carbons (Fsp3) is 0.533. The highest BCUT2D eigenvalue weighted by atomic mass is 16.3. The molecule has 2 nitrogen and oxygen atoms in total. The van der Waals surface area contributed by atoms with Gasteiger partial charge in [0.25, 0.3) is 0 Å². The van der Waals surface area contributed by atoms with Gasteiger partial charge in [-0.25, -0.2) is 0 Å². The van der Waals surface area contributed by atoms with Gasteiger partial charge in [0.15, 0.2) is 0 Å². The van der Waals surface area contributed by atoms with E-state index in [0.717, 1.165) is 31.2 Å². The van der Waals surface area contributed by atoms with Crippen LogP contribution >= 0.6 is 0 Å². The molecular weight excluding hydrogens is 210 g/mol. The smallest absolute Gasteiger partial charge is 0.0999 e. The van der Waals surface area contributed by atoms with E-state index in [-0.39, 0.29) is 5.92 Å². The maximum Gasteiger partial charge on any atom is 0.0999 e. The molecule has 0 radical (unpaired) electrons. The molecule has 0 amide bonds. The van der Waals surface area contributed by atoms with Crippen LogP contribution in [-0.2, 0) is 0 Å². The summed E-state index contributed by atoms with van der Waals surface area (Å²) in [5.74, 6) is -0.386. The molecular formula is C15H19NO. The summed E-state index contributed by atoms with van der Waals surface area (Å²) in [7, 11) is 0. The summed E-state index contributed by atoms with van der Waals surface area (Å²) in [6.45, 7) is 2.03. The third kappa shape index (κ3) is 2.50. The molecule has 1 aromatic rings. The number of rotatable bonds is 2. The summed E-state index contributed by atoms with van der Waals surface area (Å²) in [4.78, 5) is 0. The summed E-state index contributed by atoms with van der Waals surface area (Å²) in [5, 5.41) is 20.0. The third-order valence-electron chi connectivity index (χ3n) is 3.80. The first-order valence-corrected chi connectivity index (χ1v) is 6.34. The summed E-state index contributed by atoms with van der Waals surface area (Å²) >= 11 is 0. The van der Waals surface area contributed by atoms with Gasteiger partial charge in [0.05, 0.1) is 17.6 Å². The molecule has 1 unspecified atom stereocenters. The van der Waals surface area contributed by atoms with Crippen LogP contribution in [0.3, 0.4) is 0 Å². The molecule has 1 aliphatic carbocycles. The molecule has 0 heterocycles. The summed E-state index contributed by atoms with van der Waals surface area (Å²) in [6.07, 6.45) is 4.73. The van der Waals surface area contributed by atoms with Crippen molar-refractivity contribution in [3.05, 3.63) is 35.4 Å². The zero-order valence-corrected chi connectivity index (χ0v) is 10.3. The van der Waals surface area contributed by atoms with Gasteiger partial charge in [0.2, 0.25) is 0 Å². The lowest BCUT2D eigenvalue weighted by atomic mass is 9.73. The van der Waals surface area contributed by atoms with E-state index in [0.29, 0.717) is 0 Å². The first-order chi connectivity index (χ1) is 8.15. The molecule has 2 heteroatoms. The van der Waals surface area contributed by atoms with E-state index >= 15 is 0 Å². The number of benzene rings is 1. The average molecular weight is 229 g/mol. The normalized spacial score (nSPS) is 20.5. The molecule has 0 saturated heterocycles. The van der Waals surface area contributed by atoms with Gasteiger partial charge < -0.3 is 5.11 Å². The Kier molecular flexibility index (Phi) is 3.49. The van der Waals surface area contributed by atoms with Gasteiger partial charge in [-0.1, -0.05) is 49.1 Å². The van der Waals surface area contributed by atoms with Crippen molar-refractivity contribution in [3.63, 3.8) is 0 Å². The van der Waals surface area contributed by atoms with Crippen LogP contribution in [0.5, 0.6) is 0 Å². The molecule has 1 aromatic carbocycles. The van der Waals surface area contributed by atoms with Gasteiger partial charge in [0.1, 0.15) is 0 Å². The zero-order valence-electron chi connectivity index (χ0n) is 10.3. The molecule has 2 rings (SSSR count). The van der Waals surface area contributed by atoms with Crippen molar-refractivity contribution in [1.82, 2.24) is 0 Å². The monoisotopic (exact) mass is 229 g/mol. The topological polar surface area (TPSA) is 44.0 Å². The summed E-state index contributed by atoms with van der Waals surface area (Å²) in [6, 6.07) is 10.2. The second-order valence-electron chi connectivity index (χ2n) is 5.14. The third-order valence-corrected chi connectivity index (χ3v) is 3.80. The molecule has 1 fully saturated rings. The summed E-state index contributed by atoms with van der Waals surface area (Å²) in [5.41, 5.74) is 1.31. The van der Waals surface area contributed by atoms with Crippen LogP contribution in [0.15, 0.2) is 24.3 Å². The van der Waals surface area contributed by atoms with Crippen LogP contribution in [0.25, 0.3) is 0 Å². The number of aliphatic hydroxyl groups is 1. The lowest BCUT2D eigenvalue weighted by Crippen LogP contribution is -2.37. The molecule has 0 aliphatic heterocycles. The maximum atomic E-state index is 10.6. The Morgan fingerprint density at radius 2 is 1.76 bits per heavy atom. The molecule has 1 aliphatic rings. The van der Waals surface area contributed by atoms with Crippen molar-refractivity contribution in [2.45, 2.75) is 50.5 Å². The minimum Gasteiger partial charge on any atom is -0.388 e. The van der Waals surface area contributed by atoms with E-state index in [1.807, 2.05) is 31.2 Å². The van der Waals surface area contributed by atoms with Gasteiger partial charge in [-0.3, -0.25) is 0 Å². The lowest BCUT2D eigenvalue weighted by molar-refractivity contribution is -0.00714. The van der Waals surface area contributed by atoms with Crippen molar-refractivity contribution in [2.75, 3.05) is 0 Å². The Morgan fingerprint density at radius 3 is 2.29 bits per heavy atom. The van der Waals surface area contributed by atoms with E-state index in [9.17, 15) is 10.4 Å². The van der Waals surface area contributed by atoms with Gasteiger partial charge >= 0.3 is 0 Å². The fourth-order valence-electron chi connectivity index (χ4n) is 2.72. The van der Waals surface area contributed by atoms with Gasteiger partial charge in [-0.2, -0.15) is 5.26 Å². The highest BCUT2D eigenvalue weighted by Crippen LogP contribution is 2.39. The van der Waals surface area contributed by atoms with Gasteiger partial charge in [0, 0.05) is 0 Å². The predicted octanol–water partition coefficient (Wildman–Crippen LogP) is 3.30. The van der Waals surface area contributed by atoms with Crippen LogP contribution in [0, 0.1) is 18.3 Å². The van der Waals surface area contributed by atoms with Crippen LogP contribution in [0.4, 0.5) is 0 Å². The largest absolute Gasteiger partial charge is 0.388 e. The Balaban J connectivity index is 2.27. The number of nitriles is 1. The highest BCUT2D eigenvalue weighted by molar-refractivity contribution is 5.31. The van der Waals surface area contributed by atoms with Gasteiger partial charge in [-0.05, 0) is 25.3 Å². The number of hydrogen-bond donors (Lipinski definition) is 1. The lowest BCUT2D eigenvalue weighted by Gasteiger charge is -2.36. The number of nitrogens with zero attached hydrogens (tertiary/aromatic N) is 1. The average Bonchev–Trinajstić information content (AvgIpc) is 2.33. The van der Waals surface area contributed by atoms with Crippen molar-refractivity contribution in [1.29, 1.82) is 5.26 Å². The van der Waals surface area contributed by atoms with Crippen molar-refractivity contribution < 1.29 is 5.11 Å². The zero-order chi connectivity index (χ0) is 12.3. The van der Waals surface area contributed by atoms with Crippen LogP contribution in [0.1, 0.15) is 49.1 Å². The second kappa shape index (κ2) is 4.89. The first-order valence-electron chi connectivity index (χ1n) is 6.34. The minimum atomic E-state index is -0.817. The Labute approximate surface area is 103 Å². The molecule has 90 valence electrons. The Bertz CT molecular complexity index is 410. The summed E-state index contributed by atoms with van der Waals surface area (Å²) < 4.78 is 0. The SMILES string of the molecule is Cc1ccc(C(C#N)C2(O)CCCCC2)cc1. The van der Waals surface area contributed by atoms with Gasteiger partial charge in [-0.15, -0.1) is 0 Å².